The molecule has 0 atom stereocenters. The number of fused-ring (bicyclic) bond motifs is 1. The number of halogens is 1. The second-order valence-electron chi connectivity index (χ2n) is 7.01. The molecule has 2 amide bonds. The fourth-order valence-corrected chi connectivity index (χ4v) is 3.76. The lowest BCUT2D eigenvalue weighted by Gasteiger charge is -2.36. The van der Waals surface area contributed by atoms with Crippen LogP contribution in [-0.4, -0.2) is 61.4 Å². The molecule has 1 fully saturated rings. The first-order valence-corrected chi connectivity index (χ1v) is 9.30. The fourth-order valence-electron chi connectivity index (χ4n) is 3.76. The van der Waals surface area contributed by atoms with E-state index in [1.54, 1.807) is 28.0 Å². The second-order valence-corrected chi connectivity index (χ2v) is 7.01. The van der Waals surface area contributed by atoms with Gasteiger partial charge in [-0.1, -0.05) is 18.2 Å². The molecule has 0 aliphatic carbocycles. The van der Waals surface area contributed by atoms with Crippen LogP contribution in [-0.2, 0) is 11.3 Å². The normalized spacial score (nSPS) is 16.4. The van der Waals surface area contributed by atoms with Crippen LogP contribution in [0.3, 0.4) is 0 Å². The maximum Gasteiger partial charge on any atom is 0.254 e. The number of methoxy groups -OCH3 is 1. The minimum Gasteiger partial charge on any atom is -0.494 e. The van der Waals surface area contributed by atoms with E-state index in [1.165, 1.54) is 13.2 Å². The van der Waals surface area contributed by atoms with Crippen molar-refractivity contribution in [1.82, 2.24) is 9.80 Å². The topological polar surface area (TPSA) is 53.1 Å². The number of nitrogens with zero attached hydrogens (tertiary/aromatic N) is 3. The van der Waals surface area contributed by atoms with Gasteiger partial charge >= 0.3 is 0 Å². The lowest BCUT2D eigenvalue weighted by atomic mass is 10.1. The predicted molar refractivity (Wildman–Crippen MR) is 103 cm³/mol. The van der Waals surface area contributed by atoms with Gasteiger partial charge in [0.1, 0.15) is 6.54 Å². The Bertz CT molecular complexity index is 910. The zero-order valence-electron chi connectivity index (χ0n) is 15.7. The van der Waals surface area contributed by atoms with E-state index in [0.29, 0.717) is 38.3 Å². The summed E-state index contributed by atoms with van der Waals surface area (Å²) in [6.45, 7) is 3.00. The summed E-state index contributed by atoms with van der Waals surface area (Å²) in [7, 11) is 1.44. The molecule has 0 bridgehead atoms. The van der Waals surface area contributed by atoms with Crippen LogP contribution in [0.4, 0.5) is 10.1 Å². The van der Waals surface area contributed by atoms with Crippen molar-refractivity contribution in [2.45, 2.75) is 6.54 Å². The molecule has 6 nitrogen and oxygen atoms in total. The van der Waals surface area contributed by atoms with Gasteiger partial charge < -0.3 is 19.4 Å². The van der Waals surface area contributed by atoms with Gasteiger partial charge in [0.05, 0.1) is 7.11 Å². The van der Waals surface area contributed by atoms with E-state index >= 15 is 0 Å². The van der Waals surface area contributed by atoms with Crippen LogP contribution < -0.4 is 9.64 Å². The molecule has 2 aliphatic heterocycles. The molecule has 28 heavy (non-hydrogen) atoms. The molecule has 2 aromatic rings. The van der Waals surface area contributed by atoms with Crippen molar-refractivity contribution >= 4 is 17.5 Å². The van der Waals surface area contributed by atoms with E-state index in [0.717, 1.165) is 11.3 Å². The molecule has 4 rings (SSSR count). The number of piperazine rings is 1. The molecule has 1 saturated heterocycles. The monoisotopic (exact) mass is 383 g/mol. The summed E-state index contributed by atoms with van der Waals surface area (Å²) in [6.07, 6.45) is 0. The third kappa shape index (κ3) is 3.40. The molecule has 0 radical (unpaired) electrons. The SMILES string of the molecule is COc1cc(N2CCN(C(=O)CN3Cc4ccccc4C3=O)CC2)ccc1F. The molecular formula is C21H22FN3O3. The number of benzene rings is 2. The highest BCUT2D eigenvalue weighted by molar-refractivity contribution is 6.00. The molecule has 2 heterocycles. The molecule has 0 N–H and O–H groups in total. The Kier molecular flexibility index (Phi) is 4.90. The van der Waals surface area contributed by atoms with Gasteiger partial charge in [-0.2, -0.15) is 0 Å². The third-order valence-corrected chi connectivity index (χ3v) is 5.35. The summed E-state index contributed by atoms with van der Waals surface area (Å²) in [5.74, 6) is -0.307. The minimum absolute atomic E-state index is 0.0440. The highest BCUT2D eigenvalue weighted by atomic mass is 19.1. The average Bonchev–Trinajstić information content (AvgIpc) is 3.04. The van der Waals surface area contributed by atoms with Crippen LogP contribution in [0, 0.1) is 5.82 Å². The molecule has 0 spiro atoms. The van der Waals surface area contributed by atoms with Crippen molar-refractivity contribution in [3.8, 4) is 5.75 Å². The summed E-state index contributed by atoms with van der Waals surface area (Å²) in [5, 5.41) is 0. The van der Waals surface area contributed by atoms with Gasteiger partial charge in [0, 0.05) is 50.0 Å². The first-order chi connectivity index (χ1) is 13.6. The average molecular weight is 383 g/mol. The van der Waals surface area contributed by atoms with Crippen molar-refractivity contribution < 1.29 is 18.7 Å². The van der Waals surface area contributed by atoms with Crippen LogP contribution in [0.2, 0.25) is 0 Å². The van der Waals surface area contributed by atoms with E-state index in [9.17, 15) is 14.0 Å². The number of hydrogen-bond donors (Lipinski definition) is 0. The van der Waals surface area contributed by atoms with Crippen molar-refractivity contribution in [3.63, 3.8) is 0 Å². The summed E-state index contributed by atoms with van der Waals surface area (Å²) >= 11 is 0. The molecule has 0 saturated carbocycles. The molecule has 0 unspecified atom stereocenters. The van der Waals surface area contributed by atoms with Crippen molar-refractivity contribution in [1.29, 1.82) is 0 Å². The maximum absolute atomic E-state index is 13.6. The van der Waals surface area contributed by atoms with Crippen LogP contribution >= 0.6 is 0 Å². The van der Waals surface area contributed by atoms with Gasteiger partial charge in [-0.3, -0.25) is 9.59 Å². The van der Waals surface area contributed by atoms with Crippen LogP contribution in [0.1, 0.15) is 15.9 Å². The highest BCUT2D eigenvalue weighted by Gasteiger charge is 2.30. The first-order valence-electron chi connectivity index (χ1n) is 9.30. The van der Waals surface area contributed by atoms with Crippen molar-refractivity contribution in [2.24, 2.45) is 0 Å². The van der Waals surface area contributed by atoms with E-state index in [4.69, 9.17) is 4.74 Å². The summed E-state index contributed by atoms with van der Waals surface area (Å²) in [4.78, 5) is 30.6. The number of carbonyl (C=O) groups excluding carboxylic acids is 2. The lowest BCUT2D eigenvalue weighted by molar-refractivity contribution is -0.132. The Hall–Kier alpha value is -3.09. The Labute approximate surface area is 163 Å². The Morgan fingerprint density at radius 3 is 2.57 bits per heavy atom. The van der Waals surface area contributed by atoms with Gasteiger partial charge in [0.15, 0.2) is 11.6 Å². The van der Waals surface area contributed by atoms with Crippen LogP contribution in [0.15, 0.2) is 42.5 Å². The van der Waals surface area contributed by atoms with E-state index in [-0.39, 0.29) is 24.1 Å². The molecular weight excluding hydrogens is 361 g/mol. The van der Waals surface area contributed by atoms with Crippen molar-refractivity contribution in [2.75, 3.05) is 44.7 Å². The lowest BCUT2D eigenvalue weighted by Crippen LogP contribution is -2.51. The Balaban J connectivity index is 1.34. The fraction of sp³-hybridized carbons (Fsp3) is 0.333. The summed E-state index contributed by atoms with van der Waals surface area (Å²) in [6, 6.07) is 12.3. The quantitative estimate of drug-likeness (QED) is 0.812. The number of anilines is 1. The number of carbonyl (C=O) groups is 2. The number of amides is 2. The molecule has 146 valence electrons. The summed E-state index contributed by atoms with van der Waals surface area (Å²) in [5.41, 5.74) is 2.52. The Morgan fingerprint density at radius 2 is 1.86 bits per heavy atom. The predicted octanol–water partition coefficient (Wildman–Crippen LogP) is 2.14. The third-order valence-electron chi connectivity index (χ3n) is 5.35. The number of hydrogen-bond acceptors (Lipinski definition) is 4. The minimum atomic E-state index is -0.392. The smallest absolute Gasteiger partial charge is 0.254 e. The van der Waals surface area contributed by atoms with Gasteiger partial charge in [0.2, 0.25) is 5.91 Å². The molecule has 7 heteroatoms. The highest BCUT2D eigenvalue weighted by Crippen LogP contribution is 2.26. The van der Waals surface area contributed by atoms with Gasteiger partial charge in [-0.05, 0) is 23.8 Å². The van der Waals surface area contributed by atoms with E-state index in [1.807, 2.05) is 18.2 Å². The van der Waals surface area contributed by atoms with Crippen LogP contribution in [0.25, 0.3) is 0 Å². The van der Waals surface area contributed by atoms with Gasteiger partial charge in [-0.15, -0.1) is 0 Å². The van der Waals surface area contributed by atoms with Crippen molar-refractivity contribution in [3.05, 3.63) is 59.4 Å². The second kappa shape index (κ2) is 7.50. The molecule has 0 aromatic heterocycles. The number of rotatable bonds is 4. The zero-order valence-corrected chi connectivity index (χ0v) is 15.7. The summed E-state index contributed by atoms with van der Waals surface area (Å²) < 4.78 is 18.6. The zero-order chi connectivity index (χ0) is 19.7. The maximum atomic E-state index is 13.6. The van der Waals surface area contributed by atoms with E-state index in [2.05, 4.69) is 4.90 Å². The Morgan fingerprint density at radius 1 is 1.11 bits per heavy atom. The van der Waals surface area contributed by atoms with Gasteiger partial charge in [0.25, 0.3) is 5.91 Å². The first kappa shape index (κ1) is 18.3. The van der Waals surface area contributed by atoms with Crippen LogP contribution in [0.5, 0.6) is 5.75 Å². The molecule has 2 aliphatic rings. The number of ether oxygens (including phenoxy) is 1. The molecule has 2 aromatic carbocycles. The standard InChI is InChI=1S/C21H22FN3O3/c1-28-19-12-16(6-7-18(19)22)23-8-10-24(11-9-23)20(26)14-25-13-15-4-2-3-5-17(15)21(25)27/h2-7,12H,8-11,13-14H2,1H3. The largest absolute Gasteiger partial charge is 0.494 e. The van der Waals surface area contributed by atoms with E-state index < -0.39 is 5.82 Å². The van der Waals surface area contributed by atoms with Gasteiger partial charge in [-0.25, -0.2) is 4.39 Å².